The molecule has 2 aliphatic rings. The molecule has 3 atom stereocenters. The Bertz CT molecular complexity index is 109. The van der Waals surface area contributed by atoms with Crippen LogP contribution >= 0.6 is 11.8 Å². The van der Waals surface area contributed by atoms with Crippen molar-refractivity contribution in [2.75, 3.05) is 11.5 Å². The molecule has 0 amide bonds. The fourth-order valence-corrected chi connectivity index (χ4v) is 3.02. The smallest absolute Gasteiger partial charge is 0.00740 e. The molecule has 0 radical (unpaired) electrons. The van der Waals surface area contributed by atoms with Crippen molar-refractivity contribution >= 4 is 11.8 Å². The number of hydrogen-bond donors (Lipinski definition) is 1. The average molecular weight is 143 g/mol. The first-order chi connectivity index (χ1) is 4.38. The minimum absolute atomic E-state index is 0.577. The Kier molecular flexibility index (Phi) is 1.46. The van der Waals surface area contributed by atoms with Crippen molar-refractivity contribution in [1.82, 2.24) is 0 Å². The molecule has 1 unspecified atom stereocenters. The molecule has 2 rings (SSSR count). The van der Waals surface area contributed by atoms with E-state index in [1.807, 2.05) is 0 Å². The molecule has 1 nitrogen and oxygen atoms in total. The Labute approximate surface area is 60.4 Å². The van der Waals surface area contributed by atoms with Gasteiger partial charge >= 0.3 is 0 Å². The highest BCUT2D eigenvalue weighted by Gasteiger charge is 2.40. The third-order valence-corrected chi connectivity index (χ3v) is 3.65. The van der Waals surface area contributed by atoms with Crippen LogP contribution in [-0.4, -0.2) is 17.5 Å². The maximum absolute atomic E-state index is 5.74. The Morgan fingerprint density at radius 3 is 2.67 bits per heavy atom. The first kappa shape index (κ1) is 6.05. The molecule has 52 valence electrons. The molecule has 2 heteroatoms. The molecule has 0 aromatic rings. The van der Waals surface area contributed by atoms with E-state index in [1.54, 1.807) is 0 Å². The molecular weight excluding hydrogens is 130 g/mol. The van der Waals surface area contributed by atoms with E-state index in [4.69, 9.17) is 5.73 Å². The third kappa shape index (κ3) is 1.10. The van der Waals surface area contributed by atoms with Crippen molar-refractivity contribution in [1.29, 1.82) is 0 Å². The predicted molar refractivity (Wildman–Crippen MR) is 41.5 cm³/mol. The Morgan fingerprint density at radius 2 is 2.22 bits per heavy atom. The summed E-state index contributed by atoms with van der Waals surface area (Å²) in [6, 6.07) is 0.577. The van der Waals surface area contributed by atoms with Gasteiger partial charge in [-0.1, -0.05) is 0 Å². The van der Waals surface area contributed by atoms with Crippen LogP contribution in [0.3, 0.4) is 0 Å². The van der Waals surface area contributed by atoms with Gasteiger partial charge in [-0.25, -0.2) is 0 Å². The van der Waals surface area contributed by atoms with Gasteiger partial charge in [0.25, 0.3) is 0 Å². The zero-order valence-electron chi connectivity index (χ0n) is 5.55. The lowest BCUT2D eigenvalue weighted by atomic mass is 10.0. The van der Waals surface area contributed by atoms with Crippen molar-refractivity contribution in [3.63, 3.8) is 0 Å². The summed E-state index contributed by atoms with van der Waals surface area (Å²) in [6.45, 7) is 0. The lowest BCUT2D eigenvalue weighted by Gasteiger charge is -2.03. The van der Waals surface area contributed by atoms with Gasteiger partial charge in [-0.3, -0.25) is 0 Å². The summed E-state index contributed by atoms with van der Waals surface area (Å²) in [5.74, 6) is 4.68. The van der Waals surface area contributed by atoms with E-state index in [1.165, 1.54) is 24.3 Å². The number of nitrogens with two attached hydrogens (primary N) is 1. The van der Waals surface area contributed by atoms with Crippen LogP contribution in [0.1, 0.15) is 12.8 Å². The summed E-state index contributed by atoms with van der Waals surface area (Å²) in [5.41, 5.74) is 5.74. The van der Waals surface area contributed by atoms with Crippen molar-refractivity contribution < 1.29 is 0 Å². The van der Waals surface area contributed by atoms with E-state index < -0.39 is 0 Å². The normalized spacial score (nSPS) is 49.7. The summed E-state index contributed by atoms with van der Waals surface area (Å²) >= 11 is 2.10. The summed E-state index contributed by atoms with van der Waals surface area (Å²) in [7, 11) is 0. The van der Waals surface area contributed by atoms with Gasteiger partial charge in [0, 0.05) is 6.04 Å². The molecule has 1 aliphatic heterocycles. The van der Waals surface area contributed by atoms with E-state index in [9.17, 15) is 0 Å². The molecule has 0 spiro atoms. The van der Waals surface area contributed by atoms with Crippen molar-refractivity contribution in [3.8, 4) is 0 Å². The largest absolute Gasteiger partial charge is 0.327 e. The fourth-order valence-electron chi connectivity index (χ4n) is 1.67. The fraction of sp³-hybridized carbons (Fsp3) is 1.00. The molecule has 2 N–H and O–H groups in total. The highest BCUT2D eigenvalue weighted by Crippen LogP contribution is 2.42. The zero-order chi connectivity index (χ0) is 6.27. The maximum atomic E-state index is 5.74. The van der Waals surface area contributed by atoms with E-state index >= 15 is 0 Å². The summed E-state index contributed by atoms with van der Waals surface area (Å²) in [6.07, 6.45) is 2.74. The van der Waals surface area contributed by atoms with Gasteiger partial charge in [-0.2, -0.15) is 11.8 Å². The van der Waals surface area contributed by atoms with Crippen LogP contribution < -0.4 is 5.73 Å². The summed E-state index contributed by atoms with van der Waals surface area (Å²) in [4.78, 5) is 0. The number of rotatable bonds is 1. The highest BCUT2D eigenvalue weighted by molar-refractivity contribution is 7.99. The second-order valence-corrected chi connectivity index (χ2v) is 4.34. The molecule has 0 bridgehead atoms. The van der Waals surface area contributed by atoms with E-state index in [2.05, 4.69) is 11.8 Å². The average Bonchev–Trinajstić information content (AvgIpc) is 2.44. The van der Waals surface area contributed by atoms with Crippen LogP contribution in [0.2, 0.25) is 0 Å². The van der Waals surface area contributed by atoms with Gasteiger partial charge in [0.1, 0.15) is 0 Å². The van der Waals surface area contributed by atoms with Gasteiger partial charge in [-0.15, -0.1) is 0 Å². The molecule has 1 aliphatic carbocycles. The van der Waals surface area contributed by atoms with E-state index in [-0.39, 0.29) is 0 Å². The number of hydrogen-bond acceptors (Lipinski definition) is 2. The Hall–Kier alpha value is 0.310. The van der Waals surface area contributed by atoms with Gasteiger partial charge in [0.2, 0.25) is 0 Å². The zero-order valence-corrected chi connectivity index (χ0v) is 6.36. The van der Waals surface area contributed by atoms with Crippen molar-refractivity contribution in [2.45, 2.75) is 18.9 Å². The molecule has 1 saturated carbocycles. The maximum Gasteiger partial charge on any atom is 0.00740 e. The SMILES string of the molecule is N[C@H]1C[C@@H]1C1CCSC1. The van der Waals surface area contributed by atoms with Crippen molar-refractivity contribution in [2.24, 2.45) is 17.6 Å². The second-order valence-electron chi connectivity index (χ2n) is 3.19. The van der Waals surface area contributed by atoms with Crippen LogP contribution in [0.25, 0.3) is 0 Å². The molecule has 9 heavy (non-hydrogen) atoms. The highest BCUT2D eigenvalue weighted by atomic mass is 32.2. The molecule has 1 saturated heterocycles. The van der Waals surface area contributed by atoms with Crippen LogP contribution in [0.5, 0.6) is 0 Å². The van der Waals surface area contributed by atoms with E-state index in [0.717, 1.165) is 11.8 Å². The quantitative estimate of drug-likeness (QED) is 0.594. The lowest BCUT2D eigenvalue weighted by molar-refractivity contribution is 0.510. The predicted octanol–water partition coefficient (Wildman–Crippen LogP) is 1.09. The molecule has 0 aromatic heterocycles. The van der Waals surface area contributed by atoms with E-state index in [0.29, 0.717) is 6.04 Å². The second kappa shape index (κ2) is 2.17. The van der Waals surface area contributed by atoms with Gasteiger partial charge in [0.05, 0.1) is 0 Å². The van der Waals surface area contributed by atoms with Gasteiger partial charge in [0.15, 0.2) is 0 Å². The molecular formula is C7H13NS. The first-order valence-corrected chi connectivity index (χ1v) is 4.87. The van der Waals surface area contributed by atoms with Crippen molar-refractivity contribution in [3.05, 3.63) is 0 Å². The van der Waals surface area contributed by atoms with Gasteiger partial charge in [-0.05, 0) is 36.2 Å². The molecule has 2 fully saturated rings. The third-order valence-electron chi connectivity index (χ3n) is 2.46. The lowest BCUT2D eigenvalue weighted by Crippen LogP contribution is -2.09. The summed E-state index contributed by atoms with van der Waals surface area (Å²) < 4.78 is 0. The Morgan fingerprint density at radius 1 is 1.44 bits per heavy atom. The van der Waals surface area contributed by atoms with Crippen LogP contribution in [-0.2, 0) is 0 Å². The number of thioether (sulfide) groups is 1. The standard InChI is InChI=1S/C7H13NS/c8-7-3-6(7)5-1-2-9-4-5/h5-7H,1-4,8H2/t5?,6-,7+/m1/s1. The van der Waals surface area contributed by atoms with Crippen LogP contribution in [0.4, 0.5) is 0 Å². The molecule has 0 aromatic carbocycles. The minimum atomic E-state index is 0.577. The summed E-state index contributed by atoms with van der Waals surface area (Å²) in [5, 5.41) is 0. The minimum Gasteiger partial charge on any atom is -0.327 e. The van der Waals surface area contributed by atoms with Crippen LogP contribution in [0, 0.1) is 11.8 Å². The first-order valence-electron chi connectivity index (χ1n) is 3.71. The van der Waals surface area contributed by atoms with Crippen LogP contribution in [0.15, 0.2) is 0 Å². The topological polar surface area (TPSA) is 26.0 Å². The monoisotopic (exact) mass is 143 g/mol. The Balaban J connectivity index is 1.85. The molecule has 1 heterocycles. The van der Waals surface area contributed by atoms with Gasteiger partial charge < -0.3 is 5.73 Å².